The second kappa shape index (κ2) is 4.82. The molecule has 0 atom stereocenters. The summed E-state index contributed by atoms with van der Waals surface area (Å²) in [4.78, 5) is 8.10. The molecule has 0 radical (unpaired) electrons. The standard InChI is InChI=1S/C13H14ClN3O/c1-7-4-10(18-3)12(8(2)13(7)14)9-5-11(15)17-6-16-9/h4-6H,1-3H3,(H2,15,16,17). The zero-order valence-electron chi connectivity index (χ0n) is 10.5. The van der Waals surface area contributed by atoms with E-state index in [4.69, 9.17) is 22.1 Å². The summed E-state index contributed by atoms with van der Waals surface area (Å²) in [5.41, 5.74) is 9.13. The van der Waals surface area contributed by atoms with Crippen molar-refractivity contribution in [2.24, 2.45) is 0 Å². The van der Waals surface area contributed by atoms with Gasteiger partial charge in [-0.2, -0.15) is 0 Å². The van der Waals surface area contributed by atoms with Gasteiger partial charge in [-0.3, -0.25) is 0 Å². The third-order valence-electron chi connectivity index (χ3n) is 2.81. The molecule has 0 aliphatic heterocycles. The molecular weight excluding hydrogens is 250 g/mol. The number of nitrogens with two attached hydrogens (primary N) is 1. The van der Waals surface area contributed by atoms with Crippen LogP contribution in [0.2, 0.25) is 5.02 Å². The number of aryl methyl sites for hydroxylation is 1. The number of halogens is 1. The molecule has 0 saturated carbocycles. The molecule has 0 spiro atoms. The second-order valence-corrected chi connectivity index (χ2v) is 4.42. The summed E-state index contributed by atoms with van der Waals surface area (Å²) in [6, 6.07) is 3.60. The molecule has 0 amide bonds. The minimum Gasteiger partial charge on any atom is -0.496 e. The SMILES string of the molecule is COc1cc(C)c(Cl)c(C)c1-c1cc(N)ncn1. The summed E-state index contributed by atoms with van der Waals surface area (Å²) in [7, 11) is 1.62. The molecule has 2 N–H and O–H groups in total. The molecule has 1 aromatic carbocycles. The first-order chi connectivity index (χ1) is 8.54. The Kier molecular flexibility index (Phi) is 3.39. The molecule has 2 rings (SSSR count). The summed E-state index contributed by atoms with van der Waals surface area (Å²) in [5.74, 6) is 1.14. The van der Waals surface area contributed by atoms with Crippen molar-refractivity contribution in [1.29, 1.82) is 0 Å². The number of aromatic nitrogens is 2. The third kappa shape index (κ3) is 2.11. The number of hydrogen-bond donors (Lipinski definition) is 1. The molecule has 0 saturated heterocycles. The van der Waals surface area contributed by atoms with Crippen molar-refractivity contribution in [3.05, 3.63) is 34.6 Å². The van der Waals surface area contributed by atoms with Gasteiger partial charge in [0.15, 0.2) is 0 Å². The summed E-state index contributed by atoms with van der Waals surface area (Å²) in [6.45, 7) is 3.88. The van der Waals surface area contributed by atoms with Gasteiger partial charge in [0, 0.05) is 16.7 Å². The first-order valence-corrected chi connectivity index (χ1v) is 5.84. The predicted molar refractivity (Wildman–Crippen MR) is 72.9 cm³/mol. The Labute approximate surface area is 111 Å². The Morgan fingerprint density at radius 3 is 2.56 bits per heavy atom. The number of rotatable bonds is 2. The Bertz CT molecular complexity index is 599. The van der Waals surface area contributed by atoms with Crippen LogP contribution in [0.25, 0.3) is 11.3 Å². The van der Waals surface area contributed by atoms with Gasteiger partial charge in [0.1, 0.15) is 17.9 Å². The maximum Gasteiger partial charge on any atom is 0.128 e. The third-order valence-corrected chi connectivity index (χ3v) is 3.39. The van der Waals surface area contributed by atoms with Gasteiger partial charge in [0.05, 0.1) is 12.8 Å². The summed E-state index contributed by atoms with van der Waals surface area (Å²) >= 11 is 6.27. The average Bonchev–Trinajstić information content (AvgIpc) is 2.35. The molecule has 0 unspecified atom stereocenters. The van der Waals surface area contributed by atoms with Crippen molar-refractivity contribution in [2.75, 3.05) is 12.8 Å². The van der Waals surface area contributed by atoms with E-state index < -0.39 is 0 Å². The van der Waals surface area contributed by atoms with Gasteiger partial charge in [-0.15, -0.1) is 0 Å². The Morgan fingerprint density at radius 2 is 1.94 bits per heavy atom. The molecule has 1 heterocycles. The van der Waals surface area contributed by atoms with Crippen molar-refractivity contribution in [1.82, 2.24) is 9.97 Å². The number of nitrogen functional groups attached to an aromatic ring is 1. The van der Waals surface area contributed by atoms with Gasteiger partial charge < -0.3 is 10.5 Å². The fourth-order valence-corrected chi connectivity index (χ4v) is 2.06. The molecule has 5 heteroatoms. The normalized spacial score (nSPS) is 10.4. The van der Waals surface area contributed by atoms with Crippen LogP contribution in [-0.4, -0.2) is 17.1 Å². The number of nitrogens with zero attached hydrogens (tertiary/aromatic N) is 2. The van der Waals surface area contributed by atoms with Gasteiger partial charge in [-0.05, 0) is 31.0 Å². The van der Waals surface area contributed by atoms with Crippen LogP contribution in [0.15, 0.2) is 18.5 Å². The van der Waals surface area contributed by atoms with E-state index in [0.717, 1.165) is 22.4 Å². The smallest absolute Gasteiger partial charge is 0.128 e. The van der Waals surface area contributed by atoms with Gasteiger partial charge in [-0.1, -0.05) is 11.6 Å². The minimum atomic E-state index is 0.415. The van der Waals surface area contributed by atoms with Gasteiger partial charge in [0.2, 0.25) is 0 Å². The summed E-state index contributed by atoms with van der Waals surface area (Å²) < 4.78 is 5.40. The lowest BCUT2D eigenvalue weighted by Gasteiger charge is -2.14. The van der Waals surface area contributed by atoms with Crippen molar-refractivity contribution in [2.45, 2.75) is 13.8 Å². The van der Waals surface area contributed by atoms with Crippen LogP contribution in [0.5, 0.6) is 5.75 Å². The molecule has 2 aromatic rings. The number of hydrogen-bond acceptors (Lipinski definition) is 4. The Morgan fingerprint density at radius 1 is 1.22 bits per heavy atom. The van der Waals surface area contributed by atoms with E-state index in [2.05, 4.69) is 9.97 Å². The van der Waals surface area contributed by atoms with Crippen molar-refractivity contribution < 1.29 is 4.74 Å². The van der Waals surface area contributed by atoms with Gasteiger partial charge in [0.25, 0.3) is 0 Å². The molecule has 94 valence electrons. The predicted octanol–water partition coefficient (Wildman–Crippen LogP) is 3.00. The lowest BCUT2D eigenvalue weighted by molar-refractivity contribution is 0.415. The van der Waals surface area contributed by atoms with E-state index >= 15 is 0 Å². The van der Waals surface area contributed by atoms with Crippen molar-refractivity contribution >= 4 is 17.4 Å². The maximum atomic E-state index is 6.27. The summed E-state index contributed by atoms with van der Waals surface area (Å²) in [6.07, 6.45) is 1.43. The zero-order chi connectivity index (χ0) is 13.3. The van der Waals surface area contributed by atoms with Crippen LogP contribution < -0.4 is 10.5 Å². The molecular formula is C13H14ClN3O. The van der Waals surface area contributed by atoms with E-state index in [9.17, 15) is 0 Å². The number of benzene rings is 1. The monoisotopic (exact) mass is 263 g/mol. The highest BCUT2D eigenvalue weighted by molar-refractivity contribution is 6.32. The van der Waals surface area contributed by atoms with Crippen LogP contribution in [0.4, 0.5) is 5.82 Å². The van der Waals surface area contributed by atoms with E-state index in [1.807, 2.05) is 19.9 Å². The van der Waals surface area contributed by atoms with Crippen LogP contribution in [0, 0.1) is 13.8 Å². The highest BCUT2D eigenvalue weighted by atomic mass is 35.5. The fraction of sp³-hybridized carbons (Fsp3) is 0.231. The highest BCUT2D eigenvalue weighted by Gasteiger charge is 2.15. The van der Waals surface area contributed by atoms with Crippen molar-refractivity contribution in [3.8, 4) is 17.0 Å². The summed E-state index contributed by atoms with van der Waals surface area (Å²) in [5, 5.41) is 0.711. The molecule has 0 aliphatic carbocycles. The van der Waals surface area contributed by atoms with Crippen LogP contribution in [0.3, 0.4) is 0 Å². The Hall–Kier alpha value is -1.81. The highest BCUT2D eigenvalue weighted by Crippen LogP contribution is 2.38. The largest absolute Gasteiger partial charge is 0.496 e. The first kappa shape index (κ1) is 12.6. The minimum absolute atomic E-state index is 0.415. The first-order valence-electron chi connectivity index (χ1n) is 5.46. The second-order valence-electron chi connectivity index (χ2n) is 4.04. The van der Waals surface area contributed by atoms with Crippen LogP contribution in [-0.2, 0) is 0 Å². The average molecular weight is 264 g/mol. The molecule has 1 aromatic heterocycles. The number of anilines is 1. The molecule has 18 heavy (non-hydrogen) atoms. The molecule has 0 fully saturated rings. The lowest BCUT2D eigenvalue weighted by atomic mass is 10.0. The van der Waals surface area contributed by atoms with E-state index in [0.29, 0.717) is 16.5 Å². The molecule has 4 nitrogen and oxygen atoms in total. The van der Waals surface area contributed by atoms with Gasteiger partial charge in [-0.25, -0.2) is 9.97 Å². The lowest BCUT2D eigenvalue weighted by Crippen LogP contribution is -1.98. The van der Waals surface area contributed by atoms with E-state index in [1.165, 1.54) is 6.33 Å². The number of ether oxygens (including phenoxy) is 1. The molecule has 0 bridgehead atoms. The number of methoxy groups -OCH3 is 1. The zero-order valence-corrected chi connectivity index (χ0v) is 11.2. The fourth-order valence-electron chi connectivity index (χ4n) is 1.91. The molecule has 0 aliphatic rings. The van der Waals surface area contributed by atoms with E-state index in [-0.39, 0.29) is 0 Å². The van der Waals surface area contributed by atoms with Crippen molar-refractivity contribution in [3.63, 3.8) is 0 Å². The van der Waals surface area contributed by atoms with Crippen LogP contribution in [0.1, 0.15) is 11.1 Å². The maximum absolute atomic E-state index is 6.27. The van der Waals surface area contributed by atoms with Crippen LogP contribution >= 0.6 is 11.6 Å². The Balaban J connectivity index is 2.73. The van der Waals surface area contributed by atoms with Gasteiger partial charge >= 0.3 is 0 Å². The quantitative estimate of drug-likeness (QED) is 0.905. The topological polar surface area (TPSA) is 61.0 Å². The van der Waals surface area contributed by atoms with E-state index in [1.54, 1.807) is 13.2 Å².